The highest BCUT2D eigenvalue weighted by Crippen LogP contribution is 2.20. The van der Waals surface area contributed by atoms with Crippen molar-refractivity contribution in [2.24, 2.45) is 5.10 Å². The number of methoxy groups -OCH3 is 1. The van der Waals surface area contributed by atoms with Crippen LogP contribution in [0.1, 0.15) is 11.1 Å². The number of halogens is 2. The standard InChI is InChI=1S/C16H14ClIN2O2/c1-10-3-6-12(7-4-10)19-20-15(16(21)22-2)13-9-11(17)5-8-14(13)18/h3-9,19H,1-2H3/b20-15-. The number of aryl methyl sites for hydroxylation is 1. The molecule has 2 aromatic rings. The lowest BCUT2D eigenvalue weighted by molar-refractivity contribution is -0.132. The summed E-state index contributed by atoms with van der Waals surface area (Å²) in [6.45, 7) is 2.00. The molecule has 0 radical (unpaired) electrons. The van der Waals surface area contributed by atoms with Crippen LogP contribution in [0.15, 0.2) is 47.6 Å². The van der Waals surface area contributed by atoms with Gasteiger partial charge in [0.1, 0.15) is 0 Å². The monoisotopic (exact) mass is 428 g/mol. The average molecular weight is 429 g/mol. The molecule has 0 saturated heterocycles. The summed E-state index contributed by atoms with van der Waals surface area (Å²) in [5.41, 5.74) is 5.60. The summed E-state index contributed by atoms with van der Waals surface area (Å²) in [5, 5.41) is 4.73. The van der Waals surface area contributed by atoms with Gasteiger partial charge in [0, 0.05) is 14.2 Å². The number of nitrogens with one attached hydrogen (secondary N) is 1. The number of hydrogen-bond acceptors (Lipinski definition) is 4. The molecule has 22 heavy (non-hydrogen) atoms. The van der Waals surface area contributed by atoms with Gasteiger partial charge in [0.25, 0.3) is 0 Å². The van der Waals surface area contributed by atoms with Crippen molar-refractivity contribution in [3.63, 3.8) is 0 Å². The highest BCUT2D eigenvalue weighted by atomic mass is 127. The predicted octanol–water partition coefficient (Wildman–Crippen LogP) is 4.24. The van der Waals surface area contributed by atoms with Crippen molar-refractivity contribution in [3.05, 3.63) is 62.2 Å². The molecular weight excluding hydrogens is 415 g/mol. The third-order valence-electron chi connectivity index (χ3n) is 2.91. The van der Waals surface area contributed by atoms with Crippen molar-refractivity contribution in [3.8, 4) is 0 Å². The molecule has 0 amide bonds. The molecule has 0 bridgehead atoms. The first-order valence-corrected chi connectivity index (χ1v) is 7.91. The quantitative estimate of drug-likeness (QED) is 0.343. The van der Waals surface area contributed by atoms with Gasteiger partial charge in [-0.1, -0.05) is 29.3 Å². The topological polar surface area (TPSA) is 50.7 Å². The maximum absolute atomic E-state index is 12.0. The summed E-state index contributed by atoms with van der Waals surface area (Å²) in [7, 11) is 1.32. The van der Waals surface area contributed by atoms with Crippen LogP contribution in [0.3, 0.4) is 0 Å². The molecule has 2 rings (SSSR count). The van der Waals surface area contributed by atoms with Gasteiger partial charge in [-0.25, -0.2) is 4.79 Å². The van der Waals surface area contributed by atoms with Gasteiger partial charge < -0.3 is 4.74 Å². The first-order valence-electron chi connectivity index (χ1n) is 6.45. The second-order valence-electron chi connectivity index (χ2n) is 4.55. The number of esters is 1. The van der Waals surface area contributed by atoms with Crippen molar-refractivity contribution in [2.45, 2.75) is 6.92 Å². The van der Waals surface area contributed by atoms with Crippen molar-refractivity contribution in [2.75, 3.05) is 12.5 Å². The zero-order valence-electron chi connectivity index (χ0n) is 12.1. The summed E-state index contributed by atoms with van der Waals surface area (Å²) < 4.78 is 5.67. The van der Waals surface area contributed by atoms with E-state index < -0.39 is 5.97 Å². The van der Waals surface area contributed by atoms with Gasteiger partial charge >= 0.3 is 5.97 Å². The van der Waals surface area contributed by atoms with Gasteiger partial charge in [0.15, 0.2) is 5.71 Å². The Kier molecular flexibility index (Phi) is 5.79. The molecule has 0 aliphatic heterocycles. The molecule has 0 aromatic heterocycles. The number of nitrogens with zero attached hydrogens (tertiary/aromatic N) is 1. The normalized spacial score (nSPS) is 11.2. The number of rotatable bonds is 4. The minimum absolute atomic E-state index is 0.176. The second kappa shape index (κ2) is 7.60. The van der Waals surface area contributed by atoms with Crippen LogP contribution >= 0.6 is 34.2 Å². The van der Waals surface area contributed by atoms with E-state index in [2.05, 4.69) is 33.1 Å². The van der Waals surface area contributed by atoms with Crippen molar-refractivity contribution in [1.82, 2.24) is 0 Å². The van der Waals surface area contributed by atoms with Gasteiger partial charge in [-0.15, -0.1) is 0 Å². The number of ether oxygens (including phenoxy) is 1. The van der Waals surface area contributed by atoms with E-state index in [1.165, 1.54) is 7.11 Å². The van der Waals surface area contributed by atoms with Gasteiger partial charge in [-0.3, -0.25) is 5.43 Å². The molecule has 4 nitrogen and oxygen atoms in total. The molecule has 6 heteroatoms. The van der Waals surface area contributed by atoms with E-state index in [0.29, 0.717) is 10.6 Å². The van der Waals surface area contributed by atoms with Crippen molar-refractivity contribution in [1.29, 1.82) is 0 Å². The molecule has 1 N–H and O–H groups in total. The first kappa shape index (κ1) is 16.8. The fourth-order valence-electron chi connectivity index (χ4n) is 1.74. The molecule has 0 unspecified atom stereocenters. The summed E-state index contributed by atoms with van der Waals surface area (Å²) >= 11 is 8.14. The molecule has 0 saturated carbocycles. The zero-order chi connectivity index (χ0) is 16.1. The summed E-state index contributed by atoms with van der Waals surface area (Å²) in [4.78, 5) is 12.0. The fraction of sp³-hybridized carbons (Fsp3) is 0.125. The van der Waals surface area contributed by atoms with Crippen LogP contribution in [0.4, 0.5) is 5.69 Å². The van der Waals surface area contributed by atoms with Crippen LogP contribution in [0.5, 0.6) is 0 Å². The molecule has 0 spiro atoms. The zero-order valence-corrected chi connectivity index (χ0v) is 15.0. The van der Waals surface area contributed by atoms with Crippen LogP contribution in [0, 0.1) is 10.5 Å². The van der Waals surface area contributed by atoms with E-state index in [9.17, 15) is 4.79 Å². The number of hydrazone groups is 1. The number of carbonyl (C=O) groups is 1. The third kappa shape index (κ3) is 4.20. The molecule has 0 atom stereocenters. The third-order valence-corrected chi connectivity index (χ3v) is 4.09. The number of carbonyl (C=O) groups excluding carboxylic acids is 1. The van der Waals surface area contributed by atoms with Gasteiger partial charge in [0.2, 0.25) is 0 Å². The van der Waals surface area contributed by atoms with Gasteiger partial charge in [-0.2, -0.15) is 5.10 Å². The fourth-order valence-corrected chi connectivity index (χ4v) is 2.50. The Morgan fingerprint density at radius 1 is 1.23 bits per heavy atom. The average Bonchev–Trinajstić information content (AvgIpc) is 2.52. The molecule has 114 valence electrons. The van der Waals surface area contributed by atoms with Crippen LogP contribution < -0.4 is 5.43 Å². The number of hydrogen-bond donors (Lipinski definition) is 1. The number of benzene rings is 2. The molecule has 0 heterocycles. The second-order valence-corrected chi connectivity index (χ2v) is 6.15. The Balaban J connectivity index is 2.37. The van der Waals surface area contributed by atoms with Crippen LogP contribution in [-0.2, 0) is 9.53 Å². The maximum Gasteiger partial charge on any atom is 0.359 e. The van der Waals surface area contributed by atoms with Gasteiger partial charge in [-0.05, 0) is 59.8 Å². The Bertz CT molecular complexity index is 715. The Morgan fingerprint density at radius 3 is 2.55 bits per heavy atom. The largest absolute Gasteiger partial charge is 0.464 e. The van der Waals surface area contributed by atoms with Crippen LogP contribution in [0.2, 0.25) is 5.02 Å². The summed E-state index contributed by atoms with van der Waals surface area (Å²) in [6, 6.07) is 13.0. The molecule has 2 aromatic carbocycles. The highest BCUT2D eigenvalue weighted by Gasteiger charge is 2.18. The maximum atomic E-state index is 12.0. The van der Waals surface area contributed by atoms with E-state index in [4.69, 9.17) is 16.3 Å². The lowest BCUT2D eigenvalue weighted by atomic mass is 10.1. The molecule has 0 aliphatic rings. The van der Waals surface area contributed by atoms with Crippen molar-refractivity contribution >= 4 is 51.6 Å². The lowest BCUT2D eigenvalue weighted by Gasteiger charge is -2.09. The smallest absolute Gasteiger partial charge is 0.359 e. The van der Waals surface area contributed by atoms with Crippen LogP contribution in [0.25, 0.3) is 0 Å². The van der Waals surface area contributed by atoms with E-state index in [0.717, 1.165) is 14.8 Å². The Morgan fingerprint density at radius 2 is 1.91 bits per heavy atom. The Labute approximate surface area is 147 Å². The molecular formula is C16H14ClIN2O2. The number of anilines is 1. The van der Waals surface area contributed by atoms with E-state index in [-0.39, 0.29) is 5.71 Å². The molecule has 0 aliphatic carbocycles. The minimum atomic E-state index is -0.528. The summed E-state index contributed by atoms with van der Waals surface area (Å²) in [6.07, 6.45) is 0. The first-order chi connectivity index (χ1) is 10.5. The van der Waals surface area contributed by atoms with E-state index >= 15 is 0 Å². The summed E-state index contributed by atoms with van der Waals surface area (Å²) in [5.74, 6) is -0.528. The molecule has 0 fully saturated rings. The predicted molar refractivity (Wildman–Crippen MR) is 97.5 cm³/mol. The Hall–Kier alpha value is -1.60. The lowest BCUT2D eigenvalue weighted by Crippen LogP contribution is -2.20. The SMILES string of the molecule is COC(=O)/C(=N\Nc1ccc(C)cc1)c1cc(Cl)ccc1I. The highest BCUT2D eigenvalue weighted by molar-refractivity contribution is 14.1. The van der Waals surface area contributed by atoms with Crippen LogP contribution in [-0.4, -0.2) is 18.8 Å². The van der Waals surface area contributed by atoms with Gasteiger partial charge in [0.05, 0.1) is 12.8 Å². The van der Waals surface area contributed by atoms with Crippen molar-refractivity contribution < 1.29 is 9.53 Å². The minimum Gasteiger partial charge on any atom is -0.464 e. The van der Waals surface area contributed by atoms with E-state index in [1.54, 1.807) is 12.1 Å². The van der Waals surface area contributed by atoms with E-state index in [1.807, 2.05) is 37.3 Å².